The molecule has 10 heteroatoms. The Morgan fingerprint density at radius 1 is 1.00 bits per heavy atom. The third kappa shape index (κ3) is 5.57. The smallest absolute Gasteiger partial charge is 0.269 e. The summed E-state index contributed by atoms with van der Waals surface area (Å²) in [5.41, 5.74) is 2.14. The lowest BCUT2D eigenvalue weighted by Gasteiger charge is -2.34. The van der Waals surface area contributed by atoms with Crippen LogP contribution in [0.3, 0.4) is 0 Å². The van der Waals surface area contributed by atoms with Crippen LogP contribution in [0.4, 0.5) is 11.4 Å². The quantitative estimate of drug-likeness (QED) is 0.492. The molecule has 2 aliphatic heterocycles. The molecule has 0 radical (unpaired) electrons. The van der Waals surface area contributed by atoms with Crippen molar-refractivity contribution in [2.75, 3.05) is 44.2 Å². The Hall–Kier alpha value is -3.79. The number of benzene rings is 2. The van der Waals surface area contributed by atoms with E-state index in [1.165, 1.54) is 6.07 Å². The first-order chi connectivity index (χ1) is 16.4. The number of piperazine rings is 1. The normalized spacial score (nSPS) is 16.5. The Bertz CT molecular complexity index is 1080. The molecule has 2 aliphatic rings. The molecule has 3 amide bonds. The predicted molar refractivity (Wildman–Crippen MR) is 125 cm³/mol. The van der Waals surface area contributed by atoms with E-state index in [9.17, 15) is 24.5 Å². The molecule has 10 nitrogen and oxygen atoms in total. The van der Waals surface area contributed by atoms with E-state index in [1.807, 2.05) is 6.07 Å². The molecule has 0 saturated carbocycles. The van der Waals surface area contributed by atoms with Gasteiger partial charge in [-0.05, 0) is 36.2 Å². The molecule has 0 spiro atoms. The highest BCUT2D eigenvalue weighted by Gasteiger charge is 2.23. The Balaban J connectivity index is 1.22. The number of nitrogens with zero attached hydrogens (tertiary/aromatic N) is 4. The summed E-state index contributed by atoms with van der Waals surface area (Å²) < 4.78 is 0. The molecule has 0 aromatic heterocycles. The van der Waals surface area contributed by atoms with Crippen molar-refractivity contribution in [3.63, 3.8) is 0 Å². The highest BCUT2D eigenvalue weighted by Crippen LogP contribution is 2.21. The van der Waals surface area contributed by atoms with Gasteiger partial charge in [-0.1, -0.05) is 12.1 Å². The SMILES string of the molecule is O=C(NCC(=O)N1CCN(Cc2cccc([N+](=O)[O-])c2)CC1)c1ccc(N2CCCC2=O)cc1. The first-order valence-electron chi connectivity index (χ1n) is 11.3. The summed E-state index contributed by atoms with van der Waals surface area (Å²) in [6, 6.07) is 13.4. The summed E-state index contributed by atoms with van der Waals surface area (Å²) in [7, 11) is 0. The van der Waals surface area contributed by atoms with Gasteiger partial charge in [0.1, 0.15) is 0 Å². The number of hydrogen-bond donors (Lipinski definition) is 1. The maximum Gasteiger partial charge on any atom is 0.269 e. The number of carbonyl (C=O) groups excluding carboxylic acids is 3. The zero-order valence-corrected chi connectivity index (χ0v) is 18.8. The molecule has 2 aromatic carbocycles. The third-order valence-corrected chi connectivity index (χ3v) is 6.17. The molecule has 178 valence electrons. The van der Waals surface area contributed by atoms with Gasteiger partial charge in [-0.15, -0.1) is 0 Å². The molecule has 0 unspecified atom stereocenters. The molecular formula is C24H27N5O5. The van der Waals surface area contributed by atoms with Crippen LogP contribution >= 0.6 is 0 Å². The van der Waals surface area contributed by atoms with Gasteiger partial charge in [-0.25, -0.2) is 0 Å². The number of nitro groups is 1. The minimum Gasteiger partial charge on any atom is -0.343 e. The summed E-state index contributed by atoms with van der Waals surface area (Å²) in [5, 5.41) is 13.6. The molecule has 4 rings (SSSR count). The van der Waals surface area contributed by atoms with Crippen molar-refractivity contribution >= 4 is 29.1 Å². The molecule has 2 aromatic rings. The number of anilines is 1. The predicted octanol–water partition coefficient (Wildman–Crippen LogP) is 1.80. The second kappa shape index (κ2) is 10.4. The second-order valence-corrected chi connectivity index (χ2v) is 8.46. The van der Waals surface area contributed by atoms with Crippen LogP contribution in [0.1, 0.15) is 28.8 Å². The largest absolute Gasteiger partial charge is 0.343 e. The van der Waals surface area contributed by atoms with Gasteiger partial charge in [0.25, 0.3) is 11.6 Å². The fourth-order valence-electron chi connectivity index (χ4n) is 4.27. The summed E-state index contributed by atoms with van der Waals surface area (Å²) >= 11 is 0. The maximum absolute atomic E-state index is 12.6. The zero-order chi connectivity index (χ0) is 24.1. The van der Waals surface area contributed by atoms with Crippen LogP contribution in [0.15, 0.2) is 48.5 Å². The van der Waals surface area contributed by atoms with Gasteiger partial charge in [0.05, 0.1) is 11.5 Å². The van der Waals surface area contributed by atoms with Gasteiger partial charge in [-0.3, -0.25) is 29.4 Å². The fourth-order valence-corrected chi connectivity index (χ4v) is 4.27. The first kappa shape index (κ1) is 23.4. The maximum atomic E-state index is 12.6. The van der Waals surface area contributed by atoms with Crippen LogP contribution in [0.25, 0.3) is 0 Å². The molecular weight excluding hydrogens is 438 g/mol. The van der Waals surface area contributed by atoms with Crippen molar-refractivity contribution in [1.82, 2.24) is 15.1 Å². The van der Waals surface area contributed by atoms with Crippen LogP contribution in [0, 0.1) is 10.1 Å². The number of amides is 3. The Morgan fingerprint density at radius 2 is 1.74 bits per heavy atom. The summed E-state index contributed by atoms with van der Waals surface area (Å²) in [5.74, 6) is -0.396. The molecule has 2 saturated heterocycles. The van der Waals surface area contributed by atoms with Gasteiger partial charge < -0.3 is 15.1 Å². The average Bonchev–Trinajstić information content (AvgIpc) is 3.29. The molecule has 2 fully saturated rings. The molecule has 0 atom stereocenters. The first-order valence-corrected chi connectivity index (χ1v) is 11.3. The lowest BCUT2D eigenvalue weighted by atomic mass is 10.1. The van der Waals surface area contributed by atoms with Crippen molar-refractivity contribution in [3.8, 4) is 0 Å². The van der Waals surface area contributed by atoms with E-state index in [0.29, 0.717) is 51.3 Å². The topological polar surface area (TPSA) is 116 Å². The van der Waals surface area contributed by atoms with Crippen LogP contribution in [-0.4, -0.2) is 71.7 Å². The van der Waals surface area contributed by atoms with Crippen LogP contribution < -0.4 is 10.2 Å². The minimum atomic E-state index is -0.406. The fraction of sp³-hybridized carbons (Fsp3) is 0.375. The molecule has 0 aliphatic carbocycles. The highest BCUT2D eigenvalue weighted by molar-refractivity contribution is 5.98. The highest BCUT2D eigenvalue weighted by atomic mass is 16.6. The summed E-state index contributed by atoms with van der Waals surface area (Å²) in [6.07, 6.45) is 1.39. The lowest BCUT2D eigenvalue weighted by molar-refractivity contribution is -0.384. The third-order valence-electron chi connectivity index (χ3n) is 6.17. The van der Waals surface area contributed by atoms with Gasteiger partial charge in [0, 0.05) is 69.1 Å². The van der Waals surface area contributed by atoms with E-state index >= 15 is 0 Å². The van der Waals surface area contributed by atoms with Crippen molar-refractivity contribution in [2.45, 2.75) is 19.4 Å². The van der Waals surface area contributed by atoms with Crippen molar-refractivity contribution < 1.29 is 19.3 Å². The van der Waals surface area contributed by atoms with Gasteiger partial charge in [0.2, 0.25) is 11.8 Å². The van der Waals surface area contributed by atoms with E-state index in [4.69, 9.17) is 0 Å². The van der Waals surface area contributed by atoms with Crippen LogP contribution in [0.2, 0.25) is 0 Å². The molecule has 0 bridgehead atoms. The van der Waals surface area contributed by atoms with E-state index in [2.05, 4.69) is 10.2 Å². The average molecular weight is 466 g/mol. The molecule has 34 heavy (non-hydrogen) atoms. The van der Waals surface area contributed by atoms with E-state index in [-0.39, 0.29) is 30.0 Å². The monoisotopic (exact) mass is 465 g/mol. The van der Waals surface area contributed by atoms with Crippen molar-refractivity contribution in [3.05, 3.63) is 69.8 Å². The Kier molecular flexibility index (Phi) is 7.17. The van der Waals surface area contributed by atoms with Gasteiger partial charge in [0.15, 0.2) is 0 Å². The van der Waals surface area contributed by atoms with Crippen LogP contribution in [-0.2, 0) is 16.1 Å². The summed E-state index contributed by atoms with van der Waals surface area (Å²) in [4.78, 5) is 53.0. The van der Waals surface area contributed by atoms with Gasteiger partial charge in [-0.2, -0.15) is 0 Å². The van der Waals surface area contributed by atoms with E-state index in [0.717, 1.165) is 17.7 Å². The number of nitrogens with one attached hydrogen (secondary N) is 1. The number of carbonyl (C=O) groups is 3. The molecule has 1 N–H and O–H groups in total. The summed E-state index contributed by atoms with van der Waals surface area (Å²) in [6.45, 7) is 3.55. The number of non-ortho nitro benzene ring substituents is 1. The number of rotatable bonds is 7. The molecule has 2 heterocycles. The second-order valence-electron chi connectivity index (χ2n) is 8.46. The zero-order valence-electron chi connectivity index (χ0n) is 18.8. The van der Waals surface area contributed by atoms with Crippen LogP contribution in [0.5, 0.6) is 0 Å². The van der Waals surface area contributed by atoms with Crippen molar-refractivity contribution in [2.24, 2.45) is 0 Å². The lowest BCUT2D eigenvalue weighted by Crippen LogP contribution is -2.50. The van der Waals surface area contributed by atoms with E-state index in [1.54, 1.807) is 46.2 Å². The number of nitro benzene ring substituents is 1. The van der Waals surface area contributed by atoms with Gasteiger partial charge >= 0.3 is 0 Å². The van der Waals surface area contributed by atoms with Crippen molar-refractivity contribution in [1.29, 1.82) is 0 Å². The van der Waals surface area contributed by atoms with E-state index < -0.39 is 4.92 Å². The number of hydrogen-bond acceptors (Lipinski definition) is 6. The standard InChI is InChI=1S/C24H27N5O5/c30-22-5-2-10-28(22)20-8-6-19(7-9-20)24(32)25-16-23(31)27-13-11-26(12-14-27)17-18-3-1-4-21(15-18)29(33)34/h1,3-4,6-9,15H,2,5,10-14,16-17H2,(H,25,32). The minimum absolute atomic E-state index is 0.0706. The Morgan fingerprint density at radius 3 is 2.38 bits per heavy atom. The Labute approximate surface area is 197 Å².